The van der Waals surface area contributed by atoms with E-state index in [1.54, 1.807) is 0 Å². The summed E-state index contributed by atoms with van der Waals surface area (Å²) in [5, 5.41) is 0. The Morgan fingerprint density at radius 1 is 1.00 bits per heavy atom. The molecule has 86 valence electrons. The van der Waals surface area contributed by atoms with Crippen LogP contribution in [-0.4, -0.2) is 24.1 Å². The van der Waals surface area contributed by atoms with Crippen LogP contribution in [0.3, 0.4) is 0 Å². The molecular weight excluding hydrogens is 219 g/mol. The predicted molar refractivity (Wildman–Crippen MR) is 34.2 cm³/mol. The zero-order chi connectivity index (χ0) is 11.8. The Labute approximate surface area is 75.1 Å². The Balaban J connectivity index is 4.88. The topological polar surface area (TPSA) is 26.0 Å². The van der Waals surface area contributed by atoms with E-state index in [0.717, 1.165) is 6.92 Å². The second-order valence-electron chi connectivity index (χ2n) is 2.96. The summed E-state index contributed by atoms with van der Waals surface area (Å²) < 4.78 is 83.6. The monoisotopic (exact) mass is 227 g/mol. The van der Waals surface area contributed by atoms with Crippen LogP contribution in [0, 0.1) is 0 Å². The van der Waals surface area contributed by atoms with Gasteiger partial charge in [0.15, 0.2) is 0 Å². The molecule has 0 spiro atoms. The molecule has 0 saturated carbocycles. The van der Waals surface area contributed by atoms with Crippen LogP contribution in [0.2, 0.25) is 0 Å². The largest absolute Gasteiger partial charge is 0.459 e. The Morgan fingerprint density at radius 2 is 1.36 bits per heavy atom. The first-order valence-corrected chi connectivity index (χ1v) is 3.50. The van der Waals surface area contributed by atoms with Gasteiger partial charge >= 0.3 is 18.0 Å². The molecule has 0 aromatic rings. The SMILES string of the molecule is C[C@@H](N)CC(F)(F)C(F)(F)C(F)(F)F. The molecule has 2 N–H and O–H groups in total. The van der Waals surface area contributed by atoms with Crippen LogP contribution in [0.5, 0.6) is 0 Å². The number of hydrogen-bond acceptors (Lipinski definition) is 1. The highest BCUT2D eigenvalue weighted by molar-refractivity contribution is 4.92. The molecule has 0 aliphatic rings. The van der Waals surface area contributed by atoms with Gasteiger partial charge in [-0.1, -0.05) is 0 Å². The molecule has 0 radical (unpaired) electrons. The zero-order valence-corrected chi connectivity index (χ0v) is 7.01. The highest BCUT2D eigenvalue weighted by Crippen LogP contribution is 2.48. The summed E-state index contributed by atoms with van der Waals surface area (Å²) in [4.78, 5) is 0. The van der Waals surface area contributed by atoms with Gasteiger partial charge in [-0.15, -0.1) is 0 Å². The Hall–Kier alpha value is -0.530. The second-order valence-corrected chi connectivity index (χ2v) is 2.96. The van der Waals surface area contributed by atoms with Crippen molar-refractivity contribution in [2.75, 3.05) is 0 Å². The van der Waals surface area contributed by atoms with Crippen LogP contribution in [0.4, 0.5) is 30.7 Å². The van der Waals surface area contributed by atoms with E-state index in [1.165, 1.54) is 0 Å². The van der Waals surface area contributed by atoms with E-state index in [4.69, 9.17) is 5.73 Å². The number of hydrogen-bond donors (Lipinski definition) is 1. The third kappa shape index (κ3) is 2.49. The highest BCUT2D eigenvalue weighted by atomic mass is 19.4. The van der Waals surface area contributed by atoms with Gasteiger partial charge in [0.1, 0.15) is 0 Å². The summed E-state index contributed by atoms with van der Waals surface area (Å²) in [7, 11) is 0. The summed E-state index contributed by atoms with van der Waals surface area (Å²) in [5.41, 5.74) is 4.74. The third-order valence-electron chi connectivity index (χ3n) is 1.39. The molecule has 0 aromatic carbocycles. The molecule has 0 bridgehead atoms. The quantitative estimate of drug-likeness (QED) is 0.736. The lowest BCUT2D eigenvalue weighted by atomic mass is 10.0. The fourth-order valence-electron chi connectivity index (χ4n) is 0.740. The molecule has 0 amide bonds. The number of nitrogens with two attached hydrogens (primary N) is 1. The first-order valence-electron chi connectivity index (χ1n) is 3.50. The van der Waals surface area contributed by atoms with E-state index in [1.807, 2.05) is 0 Å². The smallest absolute Gasteiger partial charge is 0.328 e. The van der Waals surface area contributed by atoms with Gasteiger partial charge in [-0.2, -0.15) is 30.7 Å². The van der Waals surface area contributed by atoms with Gasteiger partial charge in [0.2, 0.25) is 0 Å². The molecule has 0 aliphatic carbocycles. The molecule has 0 aliphatic heterocycles. The van der Waals surface area contributed by atoms with Crippen LogP contribution in [-0.2, 0) is 0 Å². The Morgan fingerprint density at radius 3 is 1.57 bits per heavy atom. The molecule has 0 saturated heterocycles. The minimum atomic E-state index is -6.27. The first-order chi connectivity index (χ1) is 5.92. The van der Waals surface area contributed by atoms with Crippen molar-refractivity contribution in [2.24, 2.45) is 5.73 Å². The fraction of sp³-hybridized carbons (Fsp3) is 1.00. The standard InChI is InChI=1S/C6H8F7N/c1-3(14)2-4(7,8)5(9,10)6(11,12)13/h3H,2,14H2,1H3/t3-/m1/s1. The Bertz CT molecular complexity index is 195. The molecule has 0 rings (SSSR count). The van der Waals surface area contributed by atoms with Crippen LogP contribution in [0.15, 0.2) is 0 Å². The summed E-state index contributed by atoms with van der Waals surface area (Å²) >= 11 is 0. The molecule has 0 heterocycles. The average molecular weight is 227 g/mol. The van der Waals surface area contributed by atoms with Gasteiger partial charge in [0, 0.05) is 12.5 Å². The molecule has 1 atom stereocenters. The highest BCUT2D eigenvalue weighted by Gasteiger charge is 2.72. The molecule has 1 nitrogen and oxygen atoms in total. The summed E-state index contributed by atoms with van der Waals surface area (Å²) in [6.07, 6.45) is -8.00. The van der Waals surface area contributed by atoms with Crippen molar-refractivity contribution < 1.29 is 30.7 Å². The van der Waals surface area contributed by atoms with Gasteiger partial charge in [0.05, 0.1) is 0 Å². The lowest BCUT2D eigenvalue weighted by Gasteiger charge is -2.29. The molecule has 0 aromatic heterocycles. The van der Waals surface area contributed by atoms with E-state index < -0.39 is 30.5 Å². The van der Waals surface area contributed by atoms with E-state index in [9.17, 15) is 30.7 Å². The van der Waals surface area contributed by atoms with Gasteiger partial charge in [-0.25, -0.2) is 0 Å². The molecule has 14 heavy (non-hydrogen) atoms. The summed E-state index contributed by atoms with van der Waals surface area (Å²) in [6.45, 7) is 0.917. The lowest BCUT2D eigenvalue weighted by molar-refractivity contribution is -0.356. The molecule has 0 unspecified atom stereocenters. The summed E-state index contributed by atoms with van der Waals surface area (Å²) in [6, 6.07) is -1.45. The van der Waals surface area contributed by atoms with Crippen molar-refractivity contribution in [1.29, 1.82) is 0 Å². The fourth-order valence-corrected chi connectivity index (χ4v) is 0.740. The molecule has 0 fully saturated rings. The van der Waals surface area contributed by atoms with Gasteiger partial charge in [-0.3, -0.25) is 0 Å². The van der Waals surface area contributed by atoms with Gasteiger partial charge < -0.3 is 5.73 Å². The van der Waals surface area contributed by atoms with E-state index >= 15 is 0 Å². The molecular formula is C6H8F7N. The number of alkyl halides is 7. The van der Waals surface area contributed by atoms with Crippen molar-refractivity contribution in [2.45, 2.75) is 37.4 Å². The van der Waals surface area contributed by atoms with E-state index in [0.29, 0.717) is 0 Å². The predicted octanol–water partition coefficient (Wildman–Crippen LogP) is 2.56. The Kier molecular flexibility index (Phi) is 3.42. The minimum absolute atomic E-state index is 0.917. The average Bonchev–Trinajstić information content (AvgIpc) is 1.80. The van der Waals surface area contributed by atoms with Crippen LogP contribution < -0.4 is 5.73 Å². The van der Waals surface area contributed by atoms with E-state index in [-0.39, 0.29) is 0 Å². The van der Waals surface area contributed by atoms with Gasteiger partial charge in [-0.05, 0) is 6.92 Å². The maximum absolute atomic E-state index is 12.4. The normalized spacial score (nSPS) is 16.9. The van der Waals surface area contributed by atoms with Gasteiger partial charge in [0.25, 0.3) is 0 Å². The van der Waals surface area contributed by atoms with Crippen molar-refractivity contribution in [3.05, 3.63) is 0 Å². The van der Waals surface area contributed by atoms with Crippen molar-refractivity contribution in [3.63, 3.8) is 0 Å². The lowest BCUT2D eigenvalue weighted by Crippen LogP contribution is -2.53. The summed E-state index contributed by atoms with van der Waals surface area (Å²) in [5.74, 6) is -11.2. The second kappa shape index (κ2) is 3.56. The zero-order valence-electron chi connectivity index (χ0n) is 7.01. The van der Waals surface area contributed by atoms with Crippen molar-refractivity contribution >= 4 is 0 Å². The third-order valence-corrected chi connectivity index (χ3v) is 1.39. The van der Waals surface area contributed by atoms with E-state index in [2.05, 4.69) is 0 Å². The van der Waals surface area contributed by atoms with Crippen LogP contribution >= 0.6 is 0 Å². The maximum Gasteiger partial charge on any atom is 0.459 e. The van der Waals surface area contributed by atoms with Crippen molar-refractivity contribution in [3.8, 4) is 0 Å². The van der Waals surface area contributed by atoms with Crippen LogP contribution in [0.1, 0.15) is 13.3 Å². The number of rotatable bonds is 3. The maximum atomic E-state index is 12.4. The molecule has 8 heteroatoms. The number of halogens is 7. The van der Waals surface area contributed by atoms with Crippen LogP contribution in [0.25, 0.3) is 0 Å². The minimum Gasteiger partial charge on any atom is -0.328 e. The van der Waals surface area contributed by atoms with Crippen molar-refractivity contribution in [1.82, 2.24) is 0 Å². The first kappa shape index (κ1) is 13.5.